The number of ketones is 1. The highest BCUT2D eigenvalue weighted by Crippen LogP contribution is 2.07. The fourth-order valence-corrected chi connectivity index (χ4v) is 0.800. The molecule has 0 aliphatic rings. The first-order valence-corrected chi connectivity index (χ1v) is 3.44. The number of Topliss-reactive ketones (excluding diaryl/α,β-unsaturated/α-hetero) is 1. The molecule has 0 aliphatic carbocycles. The molecule has 1 aromatic rings. The van der Waals surface area contributed by atoms with Gasteiger partial charge >= 0.3 is 0 Å². The lowest BCUT2D eigenvalue weighted by molar-refractivity contribution is 0.0775. The van der Waals surface area contributed by atoms with E-state index in [9.17, 15) is 9.18 Å². The molecule has 0 saturated carbocycles. The van der Waals surface area contributed by atoms with Gasteiger partial charge in [-0.1, -0.05) is 0 Å². The van der Waals surface area contributed by atoms with Crippen LogP contribution in [0.4, 0.5) is 4.39 Å². The molecule has 1 unspecified atom stereocenters. The second kappa shape index (κ2) is 3.40. The lowest BCUT2D eigenvalue weighted by Crippen LogP contribution is -2.17. The van der Waals surface area contributed by atoms with Crippen molar-refractivity contribution in [2.24, 2.45) is 0 Å². The zero-order valence-electron chi connectivity index (χ0n) is 6.49. The average molecular weight is 169 g/mol. The molecule has 0 amide bonds. The number of hydrogen-bond acceptors (Lipinski definition) is 3. The molecule has 0 aliphatic heterocycles. The van der Waals surface area contributed by atoms with Crippen molar-refractivity contribution >= 4 is 5.78 Å². The number of aromatic nitrogens is 1. The minimum absolute atomic E-state index is 0.125. The van der Waals surface area contributed by atoms with Gasteiger partial charge in [-0.2, -0.15) is 0 Å². The van der Waals surface area contributed by atoms with Crippen molar-refractivity contribution in [3.05, 3.63) is 29.8 Å². The number of carbonyl (C=O) groups is 1. The van der Waals surface area contributed by atoms with E-state index in [0.717, 1.165) is 6.20 Å². The normalized spacial score (nSPS) is 12.6. The van der Waals surface area contributed by atoms with Crippen molar-refractivity contribution in [3.8, 4) is 0 Å². The van der Waals surface area contributed by atoms with Crippen LogP contribution in [-0.4, -0.2) is 22.0 Å². The molecule has 4 heteroatoms. The van der Waals surface area contributed by atoms with Crippen LogP contribution < -0.4 is 0 Å². The maximum atomic E-state index is 12.8. The lowest BCUT2D eigenvalue weighted by Gasteiger charge is -2.02. The number of carbonyl (C=O) groups excluding carboxylic acids is 1. The molecule has 0 fully saturated rings. The number of hydrogen-bond donors (Lipinski definition) is 1. The summed E-state index contributed by atoms with van der Waals surface area (Å²) >= 11 is 0. The number of aliphatic hydroxyl groups excluding tert-OH is 1. The van der Waals surface area contributed by atoms with Crippen molar-refractivity contribution in [3.63, 3.8) is 0 Å². The van der Waals surface area contributed by atoms with Crippen molar-refractivity contribution in [1.82, 2.24) is 4.98 Å². The zero-order valence-corrected chi connectivity index (χ0v) is 6.49. The Labute approximate surface area is 68.9 Å². The third kappa shape index (κ3) is 1.65. The van der Waals surface area contributed by atoms with Crippen LogP contribution in [0.25, 0.3) is 0 Å². The van der Waals surface area contributed by atoms with E-state index in [1.165, 1.54) is 19.2 Å². The quantitative estimate of drug-likeness (QED) is 0.665. The van der Waals surface area contributed by atoms with E-state index in [4.69, 9.17) is 5.11 Å². The van der Waals surface area contributed by atoms with Crippen LogP contribution in [0.1, 0.15) is 17.3 Å². The maximum Gasteiger partial charge on any atom is 0.194 e. The largest absolute Gasteiger partial charge is 0.385 e. The predicted octanol–water partition coefficient (Wildman–Crippen LogP) is 0.784. The lowest BCUT2D eigenvalue weighted by atomic mass is 10.1. The molecule has 1 rings (SSSR count). The summed E-state index contributed by atoms with van der Waals surface area (Å²) in [5.74, 6) is -1.33. The van der Waals surface area contributed by atoms with Gasteiger partial charge in [0, 0.05) is 6.20 Å². The fourth-order valence-electron chi connectivity index (χ4n) is 0.800. The fraction of sp³-hybridized carbons (Fsp3) is 0.250. The van der Waals surface area contributed by atoms with E-state index in [2.05, 4.69) is 4.98 Å². The zero-order chi connectivity index (χ0) is 9.14. The van der Waals surface area contributed by atoms with E-state index in [0.29, 0.717) is 0 Å². The Morgan fingerprint density at radius 3 is 2.92 bits per heavy atom. The summed E-state index contributed by atoms with van der Waals surface area (Å²) in [5.41, 5.74) is -0.125. The predicted molar refractivity (Wildman–Crippen MR) is 40.2 cm³/mol. The summed E-state index contributed by atoms with van der Waals surface area (Å²) in [4.78, 5) is 14.5. The van der Waals surface area contributed by atoms with Gasteiger partial charge in [0.15, 0.2) is 11.6 Å². The topological polar surface area (TPSA) is 50.2 Å². The monoisotopic (exact) mass is 169 g/mol. The Bertz CT molecular complexity index is 299. The van der Waals surface area contributed by atoms with Crippen LogP contribution >= 0.6 is 0 Å². The van der Waals surface area contributed by atoms with Crippen LogP contribution in [-0.2, 0) is 0 Å². The molecule has 0 aromatic carbocycles. The third-order valence-corrected chi connectivity index (χ3v) is 1.42. The average Bonchev–Trinajstić information content (AvgIpc) is 2.04. The van der Waals surface area contributed by atoms with Crippen LogP contribution in [0.3, 0.4) is 0 Å². The van der Waals surface area contributed by atoms with Crippen LogP contribution in [0.5, 0.6) is 0 Å². The molecular formula is C8H8FNO2. The highest BCUT2D eigenvalue weighted by atomic mass is 19.1. The van der Waals surface area contributed by atoms with Crippen molar-refractivity contribution in [1.29, 1.82) is 0 Å². The van der Waals surface area contributed by atoms with Gasteiger partial charge in [0.2, 0.25) is 0 Å². The van der Waals surface area contributed by atoms with E-state index < -0.39 is 17.7 Å². The van der Waals surface area contributed by atoms with Crippen molar-refractivity contribution in [2.75, 3.05) is 0 Å². The second-order valence-electron chi connectivity index (χ2n) is 2.40. The molecule has 0 bridgehead atoms. The van der Waals surface area contributed by atoms with Gasteiger partial charge in [0.25, 0.3) is 0 Å². The van der Waals surface area contributed by atoms with Crippen LogP contribution in [0, 0.1) is 5.82 Å². The number of nitrogens with zero attached hydrogens (tertiary/aromatic N) is 1. The van der Waals surface area contributed by atoms with E-state index in [1.807, 2.05) is 0 Å². The van der Waals surface area contributed by atoms with E-state index >= 15 is 0 Å². The molecule has 3 nitrogen and oxygen atoms in total. The van der Waals surface area contributed by atoms with Gasteiger partial charge in [-0.25, -0.2) is 4.39 Å². The first-order valence-electron chi connectivity index (χ1n) is 3.44. The Morgan fingerprint density at radius 1 is 1.75 bits per heavy atom. The number of rotatable bonds is 2. The highest BCUT2D eigenvalue weighted by molar-refractivity contribution is 5.99. The molecule has 12 heavy (non-hydrogen) atoms. The smallest absolute Gasteiger partial charge is 0.194 e. The number of pyridine rings is 1. The third-order valence-electron chi connectivity index (χ3n) is 1.42. The Balaban J connectivity index is 3.03. The van der Waals surface area contributed by atoms with Gasteiger partial charge < -0.3 is 5.11 Å². The summed E-state index contributed by atoms with van der Waals surface area (Å²) in [6, 6.07) is 1.24. The molecule has 0 spiro atoms. The molecule has 1 N–H and O–H groups in total. The Morgan fingerprint density at radius 2 is 2.42 bits per heavy atom. The van der Waals surface area contributed by atoms with E-state index in [-0.39, 0.29) is 5.56 Å². The first-order chi connectivity index (χ1) is 5.63. The second-order valence-corrected chi connectivity index (χ2v) is 2.40. The highest BCUT2D eigenvalue weighted by Gasteiger charge is 2.15. The number of halogens is 1. The van der Waals surface area contributed by atoms with Crippen LogP contribution in [0.2, 0.25) is 0 Å². The summed E-state index contributed by atoms with van der Waals surface area (Å²) in [5, 5.41) is 8.86. The Hall–Kier alpha value is -1.29. The minimum atomic E-state index is -1.18. The van der Waals surface area contributed by atoms with Crippen molar-refractivity contribution < 1.29 is 14.3 Å². The summed E-state index contributed by atoms with van der Waals surface area (Å²) in [6.07, 6.45) is 1.07. The maximum absolute atomic E-state index is 12.8. The van der Waals surface area contributed by atoms with Crippen LogP contribution in [0.15, 0.2) is 18.5 Å². The van der Waals surface area contributed by atoms with Gasteiger partial charge in [0.05, 0.1) is 11.8 Å². The SMILES string of the molecule is CC(O)C(=O)c1ccncc1F. The Kier molecular flexibility index (Phi) is 2.50. The minimum Gasteiger partial charge on any atom is -0.385 e. The molecule has 1 aromatic heterocycles. The summed E-state index contributed by atoms with van der Waals surface area (Å²) in [6.45, 7) is 1.29. The van der Waals surface area contributed by atoms with Gasteiger partial charge in [0.1, 0.15) is 6.10 Å². The molecule has 1 atom stereocenters. The molecule has 0 saturated heterocycles. The van der Waals surface area contributed by atoms with Gasteiger partial charge in [-0.15, -0.1) is 0 Å². The standard InChI is InChI=1S/C8H8FNO2/c1-5(11)8(12)6-2-3-10-4-7(6)9/h2-5,11H,1H3. The summed E-state index contributed by atoms with van der Waals surface area (Å²) in [7, 11) is 0. The first kappa shape index (κ1) is 8.80. The summed E-state index contributed by atoms with van der Waals surface area (Å²) < 4.78 is 12.8. The molecule has 0 radical (unpaired) electrons. The van der Waals surface area contributed by atoms with E-state index in [1.54, 1.807) is 0 Å². The van der Waals surface area contributed by atoms with Crippen molar-refractivity contribution in [2.45, 2.75) is 13.0 Å². The molecule has 1 heterocycles. The van der Waals surface area contributed by atoms with Gasteiger partial charge in [-0.05, 0) is 13.0 Å². The van der Waals surface area contributed by atoms with Gasteiger partial charge in [-0.3, -0.25) is 9.78 Å². The number of aliphatic hydroxyl groups is 1. The molecule has 64 valence electrons. The molecular weight excluding hydrogens is 161 g/mol.